The van der Waals surface area contributed by atoms with Crippen LogP contribution in [0.3, 0.4) is 0 Å². The average molecular weight is 214 g/mol. The van der Waals surface area contributed by atoms with Crippen LogP contribution in [-0.2, 0) is 4.79 Å². The summed E-state index contributed by atoms with van der Waals surface area (Å²) in [6, 6.07) is -1.22. The second-order valence-electron chi connectivity index (χ2n) is 2.63. The highest BCUT2D eigenvalue weighted by atomic mass is 19.4. The molecular formula is C6H9F3N2O3. The Morgan fingerprint density at radius 2 is 1.71 bits per heavy atom. The fourth-order valence-electron chi connectivity index (χ4n) is 0.535. The highest BCUT2D eigenvalue weighted by molar-refractivity contribution is 5.86. The number of carbonyl (C=O) groups excluding carboxylic acids is 1. The molecule has 0 saturated heterocycles. The largest absolute Gasteiger partial charge is 0.479 e. The van der Waals surface area contributed by atoms with Crippen LogP contribution in [0.25, 0.3) is 0 Å². The summed E-state index contributed by atoms with van der Waals surface area (Å²) in [6.45, 7) is 0.366. The molecule has 0 aromatic carbocycles. The molecule has 14 heavy (non-hydrogen) atoms. The Kier molecular flexibility index (Phi) is 3.33. The Morgan fingerprint density at radius 3 is 1.93 bits per heavy atom. The van der Waals surface area contributed by atoms with Crippen molar-refractivity contribution in [2.45, 2.75) is 18.6 Å². The number of halogens is 3. The molecule has 0 rings (SSSR count). The number of amides is 2. The summed E-state index contributed by atoms with van der Waals surface area (Å²) in [5, 5.41) is 11.5. The van der Waals surface area contributed by atoms with Crippen molar-refractivity contribution in [2.24, 2.45) is 0 Å². The van der Waals surface area contributed by atoms with Gasteiger partial charge in [0.2, 0.25) is 5.54 Å². The fourth-order valence-corrected chi connectivity index (χ4v) is 0.535. The van der Waals surface area contributed by atoms with E-state index in [0.29, 0.717) is 6.92 Å². The first-order chi connectivity index (χ1) is 6.15. The van der Waals surface area contributed by atoms with Gasteiger partial charge in [-0.3, -0.25) is 0 Å². The van der Waals surface area contributed by atoms with E-state index in [1.165, 1.54) is 5.32 Å². The van der Waals surface area contributed by atoms with Crippen LogP contribution in [-0.4, -0.2) is 35.9 Å². The molecule has 3 N–H and O–H groups in total. The molecule has 0 heterocycles. The maximum absolute atomic E-state index is 12.2. The molecule has 0 saturated carbocycles. The molecule has 0 aromatic heterocycles. The van der Waals surface area contributed by atoms with Gasteiger partial charge in [-0.1, -0.05) is 0 Å². The first-order valence-corrected chi connectivity index (χ1v) is 3.45. The Bertz CT molecular complexity index is 253. The lowest BCUT2D eigenvalue weighted by molar-refractivity contribution is -0.203. The maximum atomic E-state index is 12.2. The molecule has 1 unspecified atom stereocenters. The number of carbonyl (C=O) groups is 2. The smallest absolute Gasteiger partial charge is 0.422 e. The number of alkyl halides is 3. The third-order valence-corrected chi connectivity index (χ3v) is 1.59. The van der Waals surface area contributed by atoms with Gasteiger partial charge < -0.3 is 15.7 Å². The van der Waals surface area contributed by atoms with Crippen LogP contribution in [0.15, 0.2) is 0 Å². The van der Waals surface area contributed by atoms with Gasteiger partial charge in [0.05, 0.1) is 0 Å². The Morgan fingerprint density at radius 1 is 1.29 bits per heavy atom. The molecule has 8 heteroatoms. The van der Waals surface area contributed by atoms with Crippen LogP contribution >= 0.6 is 0 Å². The monoisotopic (exact) mass is 214 g/mol. The molecule has 5 nitrogen and oxygen atoms in total. The standard InChI is InChI=1S/C6H9F3N2O3/c1-5(3(12)13,6(7,8)9)11-4(14)10-2/h1-2H3,(H,12,13)(H2,10,11,14). The van der Waals surface area contributed by atoms with Crippen molar-refractivity contribution >= 4 is 12.0 Å². The number of hydrogen-bond acceptors (Lipinski definition) is 2. The average Bonchev–Trinajstić information content (AvgIpc) is 2.01. The lowest BCUT2D eigenvalue weighted by Crippen LogP contribution is -2.63. The van der Waals surface area contributed by atoms with E-state index in [2.05, 4.69) is 0 Å². The first-order valence-electron chi connectivity index (χ1n) is 3.45. The number of aliphatic carboxylic acids is 1. The lowest BCUT2D eigenvalue weighted by atomic mass is 10.0. The summed E-state index contributed by atoms with van der Waals surface area (Å²) in [7, 11) is 1.08. The fraction of sp³-hybridized carbons (Fsp3) is 0.667. The van der Waals surface area contributed by atoms with Crippen LogP contribution in [0.5, 0.6) is 0 Å². The molecule has 82 valence electrons. The van der Waals surface area contributed by atoms with Crippen molar-refractivity contribution < 1.29 is 27.9 Å². The highest BCUT2D eigenvalue weighted by Gasteiger charge is 2.58. The van der Waals surface area contributed by atoms with Gasteiger partial charge in [0.15, 0.2) is 0 Å². The summed E-state index contributed by atoms with van der Waals surface area (Å²) in [5.74, 6) is -2.17. The van der Waals surface area contributed by atoms with Crippen molar-refractivity contribution in [3.8, 4) is 0 Å². The first kappa shape index (κ1) is 12.5. The van der Waals surface area contributed by atoms with Crippen LogP contribution in [0.2, 0.25) is 0 Å². The summed E-state index contributed by atoms with van der Waals surface area (Å²) < 4.78 is 36.7. The molecule has 0 aromatic rings. The van der Waals surface area contributed by atoms with Crippen molar-refractivity contribution in [2.75, 3.05) is 7.05 Å². The molecule has 0 spiro atoms. The Balaban J connectivity index is 4.93. The minimum atomic E-state index is -5.06. The van der Waals surface area contributed by atoms with Crippen LogP contribution in [0.1, 0.15) is 6.92 Å². The zero-order valence-electron chi connectivity index (χ0n) is 7.40. The predicted octanol–water partition coefficient (Wildman–Crippen LogP) is 0.321. The van der Waals surface area contributed by atoms with Crippen molar-refractivity contribution in [3.05, 3.63) is 0 Å². The van der Waals surface area contributed by atoms with E-state index in [-0.39, 0.29) is 0 Å². The van der Waals surface area contributed by atoms with Gasteiger partial charge >= 0.3 is 18.2 Å². The minimum absolute atomic E-state index is 0.366. The van der Waals surface area contributed by atoms with E-state index in [0.717, 1.165) is 7.05 Å². The van der Waals surface area contributed by atoms with Gasteiger partial charge in [-0.25, -0.2) is 9.59 Å². The van der Waals surface area contributed by atoms with E-state index in [1.807, 2.05) is 5.32 Å². The summed E-state index contributed by atoms with van der Waals surface area (Å²) in [6.07, 6.45) is -5.06. The van der Waals surface area contributed by atoms with Gasteiger partial charge in [-0.2, -0.15) is 13.2 Å². The normalized spacial score (nSPS) is 15.5. The number of carboxylic acid groups (broad SMARTS) is 1. The van der Waals surface area contributed by atoms with Crippen LogP contribution < -0.4 is 10.6 Å². The van der Waals surface area contributed by atoms with Crippen LogP contribution in [0, 0.1) is 0 Å². The van der Waals surface area contributed by atoms with Crippen molar-refractivity contribution in [3.63, 3.8) is 0 Å². The Hall–Kier alpha value is -1.47. The highest BCUT2D eigenvalue weighted by Crippen LogP contribution is 2.30. The van der Waals surface area contributed by atoms with E-state index >= 15 is 0 Å². The summed E-state index contributed by atoms with van der Waals surface area (Å²) in [4.78, 5) is 20.9. The quantitative estimate of drug-likeness (QED) is 0.619. The lowest BCUT2D eigenvalue weighted by Gasteiger charge is -2.28. The van der Waals surface area contributed by atoms with Gasteiger partial charge in [0, 0.05) is 7.05 Å². The number of hydrogen-bond donors (Lipinski definition) is 3. The van der Waals surface area contributed by atoms with Gasteiger partial charge in [-0.15, -0.1) is 0 Å². The molecule has 1 atom stereocenters. The number of carboxylic acids is 1. The Labute approximate surface area is 77.3 Å². The number of urea groups is 1. The van der Waals surface area contributed by atoms with Crippen LogP contribution in [0.4, 0.5) is 18.0 Å². The molecule has 0 aliphatic heterocycles. The zero-order valence-corrected chi connectivity index (χ0v) is 7.40. The van der Waals surface area contributed by atoms with Crippen molar-refractivity contribution in [1.82, 2.24) is 10.6 Å². The summed E-state index contributed by atoms with van der Waals surface area (Å²) in [5.41, 5.74) is -3.28. The third kappa shape index (κ3) is 2.27. The van der Waals surface area contributed by atoms with E-state index in [1.54, 1.807) is 0 Å². The predicted molar refractivity (Wildman–Crippen MR) is 39.7 cm³/mol. The van der Waals surface area contributed by atoms with E-state index < -0.39 is 23.7 Å². The number of nitrogens with one attached hydrogen (secondary N) is 2. The topological polar surface area (TPSA) is 78.4 Å². The van der Waals surface area contributed by atoms with Crippen molar-refractivity contribution in [1.29, 1.82) is 0 Å². The molecule has 0 bridgehead atoms. The third-order valence-electron chi connectivity index (χ3n) is 1.59. The molecule has 0 fully saturated rings. The molecular weight excluding hydrogens is 205 g/mol. The molecule has 0 aliphatic rings. The molecule has 0 aliphatic carbocycles. The minimum Gasteiger partial charge on any atom is -0.479 e. The van der Waals surface area contributed by atoms with Gasteiger partial charge in [-0.05, 0) is 6.92 Å². The van der Waals surface area contributed by atoms with E-state index in [9.17, 15) is 22.8 Å². The second-order valence-corrected chi connectivity index (χ2v) is 2.63. The van der Waals surface area contributed by atoms with E-state index in [4.69, 9.17) is 5.11 Å². The zero-order chi connectivity index (χ0) is 11.6. The van der Waals surface area contributed by atoms with Gasteiger partial charge in [0.1, 0.15) is 0 Å². The second kappa shape index (κ2) is 3.72. The van der Waals surface area contributed by atoms with Gasteiger partial charge in [0.25, 0.3) is 0 Å². The number of rotatable bonds is 2. The maximum Gasteiger partial charge on any atom is 0.422 e. The molecule has 2 amide bonds. The SMILES string of the molecule is CNC(=O)NC(C)(C(=O)O)C(F)(F)F. The molecule has 0 radical (unpaired) electrons. The summed E-state index contributed by atoms with van der Waals surface area (Å²) >= 11 is 0.